The topological polar surface area (TPSA) is 0 Å². The van der Waals surface area contributed by atoms with Crippen molar-refractivity contribution >= 4 is 26.1 Å². The van der Waals surface area contributed by atoms with Crippen LogP contribution in [0.3, 0.4) is 0 Å². The first-order valence-corrected chi connectivity index (χ1v) is 2.09. The Bertz CT molecular complexity index is 12.8. The minimum absolute atomic E-state index is 0. The van der Waals surface area contributed by atoms with Gasteiger partial charge in [-0.15, -0.1) is 0 Å². The van der Waals surface area contributed by atoms with Gasteiger partial charge in [-0.25, -0.2) is 0 Å². The van der Waals surface area contributed by atoms with E-state index in [0.29, 0.717) is 0 Å². The summed E-state index contributed by atoms with van der Waals surface area (Å²) in [5, 5.41) is 0. The molecule has 4 heteroatoms. The van der Waals surface area contributed by atoms with Crippen LogP contribution in [0.1, 0.15) is 0 Å². The first-order valence-electron chi connectivity index (χ1n) is 0.169. The predicted octanol–water partition coefficient (Wildman–Crippen LogP) is 0.208. The number of rotatable bonds is 0. The van der Waals surface area contributed by atoms with Crippen LogP contribution >= 0.6 is 7.27 Å². The first kappa shape index (κ1) is 16.6. The van der Waals surface area contributed by atoms with Crippen molar-refractivity contribution < 1.29 is 32.0 Å². The summed E-state index contributed by atoms with van der Waals surface area (Å²) >= 11 is 2.63. The molecule has 0 N–H and O–H groups in total. The van der Waals surface area contributed by atoms with Crippen LogP contribution in [0.4, 0.5) is 0 Å². The van der Waals surface area contributed by atoms with Gasteiger partial charge in [-0.2, -0.15) is 0 Å². The minimum atomic E-state index is 0. The molecule has 0 fully saturated rings. The molecule has 0 bridgehead atoms. The molecule has 0 unspecified atom stereocenters. The summed E-state index contributed by atoms with van der Waals surface area (Å²) in [6, 6.07) is 0. The summed E-state index contributed by atoms with van der Waals surface area (Å²) in [6.07, 6.45) is 0. The molecule has 0 aliphatic rings. The van der Waals surface area contributed by atoms with Crippen molar-refractivity contribution in [3.63, 3.8) is 0 Å². The second-order valence-corrected chi connectivity index (χ2v) is 0. The number of hydrogen-bond acceptors (Lipinski definition) is 0. The fourth-order valence-electron chi connectivity index (χ4n) is 0. The van der Waals surface area contributed by atoms with Crippen molar-refractivity contribution in [1.29, 1.82) is 0 Å². The average molecular weight is 150 g/mol. The van der Waals surface area contributed by atoms with Crippen molar-refractivity contribution in [2.45, 2.75) is 0 Å². The van der Waals surface area contributed by atoms with E-state index in [0.717, 1.165) is 0 Å². The molecular formula is HFeLiMnP. The monoisotopic (exact) mass is 150 g/mol. The van der Waals surface area contributed by atoms with E-state index in [9.17, 15) is 0 Å². The van der Waals surface area contributed by atoms with Gasteiger partial charge in [-0.1, -0.05) is 0 Å². The molecule has 0 aliphatic carbocycles. The molecule has 0 aromatic rings. The van der Waals surface area contributed by atoms with E-state index in [1.54, 1.807) is 0 Å². The SMILES string of the molecule is [Fe].[LiH].[P]#[Mn]. The summed E-state index contributed by atoms with van der Waals surface area (Å²) in [4.78, 5) is 0. The molecule has 0 rings (SSSR count). The maximum absolute atomic E-state index is 3.34. The Morgan fingerprint density at radius 3 is 1.25 bits per heavy atom. The molecule has 0 radical (unpaired) electrons. The Hall–Kier alpha value is 2.07. The molecule has 4 heavy (non-hydrogen) atoms. The van der Waals surface area contributed by atoms with Gasteiger partial charge in [-0.3, -0.25) is 0 Å². The summed E-state index contributed by atoms with van der Waals surface area (Å²) < 4.78 is 0. The van der Waals surface area contributed by atoms with Gasteiger partial charge < -0.3 is 0 Å². The molecule has 0 aromatic carbocycles. The molecule has 0 saturated carbocycles. The van der Waals surface area contributed by atoms with E-state index >= 15 is 0 Å². The van der Waals surface area contributed by atoms with Crippen molar-refractivity contribution in [2.75, 3.05) is 0 Å². The van der Waals surface area contributed by atoms with Crippen molar-refractivity contribution in [3.05, 3.63) is 0 Å². The van der Waals surface area contributed by atoms with Gasteiger partial charge in [0.15, 0.2) is 0 Å². The quantitative estimate of drug-likeness (QED) is 0.341. The van der Waals surface area contributed by atoms with Crippen LogP contribution in [0.15, 0.2) is 0 Å². The van der Waals surface area contributed by atoms with E-state index in [1.807, 2.05) is 0 Å². The molecule has 0 nitrogen and oxygen atoms in total. The van der Waals surface area contributed by atoms with E-state index in [4.69, 9.17) is 0 Å². The van der Waals surface area contributed by atoms with Gasteiger partial charge in [0.2, 0.25) is 0 Å². The zero-order valence-corrected chi connectivity index (χ0v) is 4.36. The summed E-state index contributed by atoms with van der Waals surface area (Å²) in [5.74, 6) is 0. The van der Waals surface area contributed by atoms with E-state index in [2.05, 4.69) is 22.2 Å². The van der Waals surface area contributed by atoms with Gasteiger partial charge in [0, 0.05) is 17.1 Å². The molecule has 0 spiro atoms. The molecule has 0 amide bonds. The van der Waals surface area contributed by atoms with Gasteiger partial charge in [0.25, 0.3) is 0 Å². The van der Waals surface area contributed by atoms with E-state index < -0.39 is 0 Å². The van der Waals surface area contributed by atoms with Crippen molar-refractivity contribution in [3.8, 4) is 0 Å². The third-order valence-corrected chi connectivity index (χ3v) is 0. The zero-order chi connectivity index (χ0) is 2.00. The average Bonchev–Trinajstić information content (AvgIpc) is 1.00. The summed E-state index contributed by atoms with van der Waals surface area (Å²) in [6.45, 7) is 0. The van der Waals surface area contributed by atoms with Gasteiger partial charge in [-0.05, 0) is 0 Å². The Balaban J connectivity index is -0.00000000500. The fraction of sp³-hybridized carbons (Fsp3) is 0. The Kier molecular flexibility index (Phi) is 81.2. The Morgan fingerprint density at radius 2 is 1.25 bits per heavy atom. The third kappa shape index (κ3) is 8.95. The normalized spacial score (nSPS) is 0.750. The standard InChI is InChI=1S/Fe.Li.Mn.P.H. The molecular weight excluding hydrogens is 149 g/mol. The maximum atomic E-state index is 3.34. The number of hydrogen-bond donors (Lipinski definition) is 0. The van der Waals surface area contributed by atoms with Gasteiger partial charge >= 0.3 is 41.0 Å². The van der Waals surface area contributed by atoms with Crippen LogP contribution in [0.2, 0.25) is 0 Å². The third-order valence-electron chi connectivity index (χ3n) is 0. The molecule has 22 valence electrons. The molecule has 0 aromatic heterocycles. The van der Waals surface area contributed by atoms with Crippen molar-refractivity contribution in [2.24, 2.45) is 0 Å². The van der Waals surface area contributed by atoms with E-state index in [1.165, 1.54) is 0 Å². The molecule has 0 atom stereocenters. The Morgan fingerprint density at radius 1 is 1.25 bits per heavy atom. The summed E-state index contributed by atoms with van der Waals surface area (Å²) in [7, 11) is 3.34. The fourth-order valence-corrected chi connectivity index (χ4v) is 0. The second-order valence-electron chi connectivity index (χ2n) is 0. The van der Waals surface area contributed by atoms with Crippen LogP contribution in [0.25, 0.3) is 0 Å². The van der Waals surface area contributed by atoms with Gasteiger partial charge in [0.1, 0.15) is 0 Å². The summed E-state index contributed by atoms with van der Waals surface area (Å²) in [5.41, 5.74) is 0. The second kappa shape index (κ2) is 19.6. The van der Waals surface area contributed by atoms with Crippen LogP contribution in [0, 0.1) is 0 Å². The van der Waals surface area contributed by atoms with Crippen molar-refractivity contribution in [1.82, 2.24) is 0 Å². The van der Waals surface area contributed by atoms with Crippen LogP contribution in [-0.2, 0) is 32.0 Å². The van der Waals surface area contributed by atoms with Crippen LogP contribution in [0.5, 0.6) is 0 Å². The molecule has 0 saturated heterocycles. The Labute approximate surface area is 57.8 Å². The van der Waals surface area contributed by atoms with E-state index in [-0.39, 0.29) is 35.9 Å². The van der Waals surface area contributed by atoms with Gasteiger partial charge in [0.05, 0.1) is 0 Å². The first-order chi connectivity index (χ1) is 1.00. The zero-order valence-electron chi connectivity index (χ0n) is 1.18. The van der Waals surface area contributed by atoms with Crippen LogP contribution < -0.4 is 0 Å². The predicted molar refractivity (Wildman–Crippen MR) is 14.1 cm³/mol. The van der Waals surface area contributed by atoms with Crippen LogP contribution in [-0.4, -0.2) is 18.9 Å². The molecule has 0 aliphatic heterocycles. The molecule has 0 heterocycles.